The molecule has 4 heterocycles. The Hall–Kier alpha value is -3.55. The second-order valence-corrected chi connectivity index (χ2v) is 7.21. The highest BCUT2D eigenvalue weighted by Crippen LogP contribution is 2.47. The van der Waals surface area contributed by atoms with E-state index in [1.165, 1.54) is 4.90 Å². The summed E-state index contributed by atoms with van der Waals surface area (Å²) >= 11 is 0. The number of ketones is 1. The molecule has 0 bridgehead atoms. The second-order valence-electron chi connectivity index (χ2n) is 7.21. The van der Waals surface area contributed by atoms with Crippen molar-refractivity contribution in [1.82, 2.24) is 9.88 Å². The number of fused-ring (bicyclic) bond motifs is 1. The number of carbonyl (C=O) groups is 2. The molecule has 1 saturated heterocycles. The zero-order chi connectivity index (χ0) is 20.0. The van der Waals surface area contributed by atoms with E-state index >= 15 is 0 Å². The summed E-state index contributed by atoms with van der Waals surface area (Å²) in [6.45, 7) is 0.646. The van der Waals surface area contributed by atoms with Crippen molar-refractivity contribution >= 4 is 23.2 Å². The lowest BCUT2D eigenvalue weighted by Crippen LogP contribution is -2.50. The van der Waals surface area contributed by atoms with Gasteiger partial charge in [-0.25, -0.2) is 4.79 Å². The number of ether oxygens (including phenoxy) is 3. The summed E-state index contributed by atoms with van der Waals surface area (Å²) in [5, 5.41) is 9.24. The van der Waals surface area contributed by atoms with Crippen LogP contribution in [0.25, 0.3) is 11.3 Å². The molecule has 0 aliphatic carbocycles. The smallest absolute Gasteiger partial charge is 0.407 e. The number of Topliss-reactive ketones (excluding diaryl/α,β-unsaturated/α-hetero) is 1. The molecule has 1 N–H and O–H groups in total. The van der Waals surface area contributed by atoms with E-state index in [1.54, 1.807) is 30.6 Å². The number of hydrogen-bond donors (Lipinski definition) is 1. The van der Waals surface area contributed by atoms with Crippen LogP contribution in [0.15, 0.2) is 42.7 Å². The summed E-state index contributed by atoms with van der Waals surface area (Å²) in [6, 6.07) is 9.01. The maximum atomic E-state index is 13.5. The number of likely N-dealkylation sites (tertiary alicyclic amines) is 1. The lowest BCUT2D eigenvalue weighted by Gasteiger charge is -2.36. The fourth-order valence-electron chi connectivity index (χ4n) is 4.03. The first-order valence-corrected chi connectivity index (χ1v) is 9.34. The van der Waals surface area contributed by atoms with Gasteiger partial charge in [0.05, 0.1) is 5.57 Å². The topological polar surface area (TPSA) is 98.2 Å². The lowest BCUT2D eigenvalue weighted by molar-refractivity contribution is -0.131. The standard InChI is InChI=1S/C21H18N2O6/c24-19-17(14-2-1-7-22-11-14)18(13-3-4-15-16(10-13)28-12-27-15)29-21(19)5-8-23(9-6-21)20(25)26/h1-4,7,10-11H,5-6,8-9,12H2,(H,25,26). The van der Waals surface area contributed by atoms with E-state index in [4.69, 9.17) is 14.2 Å². The van der Waals surface area contributed by atoms with Gasteiger partial charge in [-0.05, 0) is 24.3 Å². The average molecular weight is 394 g/mol. The highest BCUT2D eigenvalue weighted by Gasteiger charge is 2.52. The van der Waals surface area contributed by atoms with Crippen LogP contribution in [0, 0.1) is 0 Å². The Balaban J connectivity index is 1.57. The molecule has 0 radical (unpaired) electrons. The molecule has 5 rings (SSSR count). The molecular weight excluding hydrogens is 376 g/mol. The van der Waals surface area contributed by atoms with Crippen LogP contribution in [-0.2, 0) is 9.53 Å². The average Bonchev–Trinajstić information content (AvgIpc) is 3.32. The van der Waals surface area contributed by atoms with Gasteiger partial charge < -0.3 is 24.2 Å². The summed E-state index contributed by atoms with van der Waals surface area (Å²) in [7, 11) is 0. The second kappa shape index (κ2) is 6.51. The first-order valence-electron chi connectivity index (χ1n) is 9.34. The zero-order valence-corrected chi connectivity index (χ0v) is 15.5. The molecule has 0 unspecified atom stereocenters. The molecule has 1 aromatic heterocycles. The van der Waals surface area contributed by atoms with Gasteiger partial charge >= 0.3 is 6.09 Å². The quantitative estimate of drug-likeness (QED) is 0.836. The molecule has 1 amide bonds. The number of carboxylic acid groups (broad SMARTS) is 1. The first-order chi connectivity index (χ1) is 14.1. The summed E-state index contributed by atoms with van der Waals surface area (Å²) in [5.74, 6) is 1.57. The van der Waals surface area contributed by atoms with Gasteiger partial charge in [-0.2, -0.15) is 0 Å². The van der Waals surface area contributed by atoms with E-state index in [2.05, 4.69) is 4.98 Å². The number of amides is 1. The Labute approximate surface area is 166 Å². The number of benzene rings is 1. The minimum atomic E-state index is -1.07. The Morgan fingerprint density at radius 3 is 2.62 bits per heavy atom. The van der Waals surface area contributed by atoms with Crippen LogP contribution in [0.5, 0.6) is 11.5 Å². The van der Waals surface area contributed by atoms with Crippen molar-refractivity contribution in [2.75, 3.05) is 19.9 Å². The van der Waals surface area contributed by atoms with E-state index in [9.17, 15) is 14.7 Å². The highest BCUT2D eigenvalue weighted by atomic mass is 16.7. The minimum absolute atomic E-state index is 0.136. The molecule has 0 atom stereocenters. The van der Waals surface area contributed by atoms with Gasteiger partial charge in [0.2, 0.25) is 12.6 Å². The SMILES string of the molecule is O=C(O)N1CCC2(CC1)OC(c1ccc3c(c1)OCO3)=C(c1cccnc1)C2=O. The number of rotatable bonds is 2. The highest BCUT2D eigenvalue weighted by molar-refractivity contribution is 6.33. The van der Waals surface area contributed by atoms with Crippen molar-refractivity contribution < 1.29 is 28.9 Å². The largest absolute Gasteiger partial charge is 0.478 e. The Bertz CT molecular complexity index is 1020. The minimum Gasteiger partial charge on any atom is -0.478 e. The van der Waals surface area contributed by atoms with Gasteiger partial charge in [-0.1, -0.05) is 6.07 Å². The third-order valence-electron chi connectivity index (χ3n) is 5.59. The molecule has 0 saturated carbocycles. The predicted molar refractivity (Wildman–Crippen MR) is 101 cm³/mol. The summed E-state index contributed by atoms with van der Waals surface area (Å²) < 4.78 is 17.2. The van der Waals surface area contributed by atoms with Gasteiger partial charge in [0.1, 0.15) is 5.76 Å². The van der Waals surface area contributed by atoms with E-state index in [0.29, 0.717) is 46.8 Å². The van der Waals surface area contributed by atoms with Crippen LogP contribution in [0.2, 0.25) is 0 Å². The molecular formula is C21H18N2O6. The molecule has 8 heteroatoms. The van der Waals surface area contributed by atoms with Crippen molar-refractivity contribution in [2.45, 2.75) is 18.4 Å². The van der Waals surface area contributed by atoms with E-state index < -0.39 is 11.7 Å². The number of pyridine rings is 1. The number of piperidine rings is 1. The zero-order valence-electron chi connectivity index (χ0n) is 15.5. The fraction of sp³-hybridized carbons (Fsp3) is 0.286. The van der Waals surface area contributed by atoms with Crippen LogP contribution >= 0.6 is 0 Å². The van der Waals surface area contributed by atoms with E-state index in [-0.39, 0.29) is 25.7 Å². The van der Waals surface area contributed by atoms with E-state index in [0.717, 1.165) is 0 Å². The molecule has 1 fully saturated rings. The molecule has 148 valence electrons. The first kappa shape index (κ1) is 17.5. The van der Waals surface area contributed by atoms with Gasteiger partial charge in [0, 0.05) is 49.5 Å². The Morgan fingerprint density at radius 2 is 1.90 bits per heavy atom. The number of nitrogens with zero attached hydrogens (tertiary/aromatic N) is 2. The van der Waals surface area contributed by atoms with Gasteiger partial charge in [0.15, 0.2) is 17.1 Å². The van der Waals surface area contributed by atoms with Crippen LogP contribution in [0.1, 0.15) is 24.0 Å². The summed E-state index contributed by atoms with van der Waals surface area (Å²) in [5.41, 5.74) is 0.769. The van der Waals surface area contributed by atoms with Crippen LogP contribution < -0.4 is 9.47 Å². The molecule has 3 aliphatic heterocycles. The molecule has 1 spiro atoms. The maximum Gasteiger partial charge on any atom is 0.407 e. The molecule has 2 aromatic rings. The number of aromatic nitrogens is 1. The van der Waals surface area contributed by atoms with Gasteiger partial charge in [-0.15, -0.1) is 0 Å². The van der Waals surface area contributed by atoms with Crippen molar-refractivity contribution in [3.05, 3.63) is 53.9 Å². The summed E-state index contributed by atoms with van der Waals surface area (Å²) in [4.78, 5) is 30.3. The van der Waals surface area contributed by atoms with Gasteiger partial charge in [-0.3, -0.25) is 9.78 Å². The Morgan fingerprint density at radius 1 is 1.10 bits per heavy atom. The van der Waals surface area contributed by atoms with E-state index in [1.807, 2.05) is 12.1 Å². The van der Waals surface area contributed by atoms with Crippen molar-refractivity contribution in [3.8, 4) is 11.5 Å². The van der Waals surface area contributed by atoms with Crippen molar-refractivity contribution in [2.24, 2.45) is 0 Å². The van der Waals surface area contributed by atoms with Crippen LogP contribution in [-0.4, -0.2) is 52.4 Å². The Kier molecular flexibility index (Phi) is 3.94. The van der Waals surface area contributed by atoms with Crippen molar-refractivity contribution in [1.29, 1.82) is 0 Å². The van der Waals surface area contributed by atoms with Gasteiger partial charge in [0.25, 0.3) is 0 Å². The third kappa shape index (κ3) is 2.79. The van der Waals surface area contributed by atoms with Crippen LogP contribution in [0.4, 0.5) is 4.79 Å². The summed E-state index contributed by atoms with van der Waals surface area (Å²) in [6.07, 6.45) is 2.90. The third-order valence-corrected chi connectivity index (χ3v) is 5.59. The normalized spacial score (nSPS) is 19.6. The number of carbonyl (C=O) groups excluding carboxylic acids is 1. The lowest BCUT2D eigenvalue weighted by atomic mass is 9.84. The molecule has 29 heavy (non-hydrogen) atoms. The maximum absolute atomic E-state index is 13.5. The predicted octanol–water partition coefficient (Wildman–Crippen LogP) is 2.79. The fourth-order valence-corrected chi connectivity index (χ4v) is 4.03. The monoisotopic (exact) mass is 394 g/mol. The number of hydrogen-bond acceptors (Lipinski definition) is 6. The molecule has 3 aliphatic rings. The molecule has 1 aromatic carbocycles. The van der Waals surface area contributed by atoms with Crippen molar-refractivity contribution in [3.63, 3.8) is 0 Å². The molecule has 8 nitrogen and oxygen atoms in total. The van der Waals surface area contributed by atoms with Crippen LogP contribution in [0.3, 0.4) is 0 Å².